The summed E-state index contributed by atoms with van der Waals surface area (Å²) in [7, 11) is 1.68. The van der Waals surface area contributed by atoms with Crippen molar-refractivity contribution in [3.8, 4) is 0 Å². The summed E-state index contributed by atoms with van der Waals surface area (Å²) in [5, 5.41) is 2.99. The number of carbonyl (C=O) groups is 1. The van der Waals surface area contributed by atoms with Crippen molar-refractivity contribution < 1.29 is 13.6 Å². The zero-order valence-corrected chi connectivity index (χ0v) is 13.1. The number of hydrogen-bond acceptors (Lipinski definition) is 4. The Morgan fingerprint density at radius 3 is 2.88 bits per heavy atom. The quantitative estimate of drug-likeness (QED) is 0.774. The van der Waals surface area contributed by atoms with Crippen LogP contribution >= 0.6 is 0 Å². The van der Waals surface area contributed by atoms with E-state index in [0.717, 1.165) is 0 Å². The van der Waals surface area contributed by atoms with Crippen LogP contribution in [0.3, 0.4) is 0 Å². The molecule has 24 heavy (non-hydrogen) atoms. The number of halogens is 1. The van der Waals surface area contributed by atoms with E-state index in [9.17, 15) is 9.18 Å². The lowest BCUT2D eigenvalue weighted by Crippen LogP contribution is -2.26. The van der Waals surface area contributed by atoms with Crippen LogP contribution in [0, 0.1) is 5.82 Å². The first-order valence-corrected chi connectivity index (χ1v) is 7.39. The van der Waals surface area contributed by atoms with Crippen LogP contribution in [0.4, 0.5) is 15.9 Å². The van der Waals surface area contributed by atoms with Crippen LogP contribution in [-0.4, -0.2) is 22.8 Å². The minimum Gasteiger partial charge on any atom is -0.467 e. The van der Waals surface area contributed by atoms with Gasteiger partial charge in [-0.1, -0.05) is 6.07 Å². The van der Waals surface area contributed by atoms with Gasteiger partial charge in [0.2, 0.25) is 0 Å². The first-order valence-electron chi connectivity index (χ1n) is 7.39. The van der Waals surface area contributed by atoms with Crippen molar-refractivity contribution in [1.82, 2.24) is 9.88 Å². The van der Waals surface area contributed by atoms with Crippen molar-refractivity contribution in [2.75, 3.05) is 12.4 Å². The molecule has 6 heteroatoms. The number of benzene rings is 1. The van der Waals surface area contributed by atoms with E-state index >= 15 is 0 Å². The number of amides is 1. The number of carbonyl (C=O) groups excluding carboxylic acids is 1. The van der Waals surface area contributed by atoms with E-state index in [-0.39, 0.29) is 11.7 Å². The number of nitrogens with one attached hydrogen (secondary N) is 1. The fourth-order valence-corrected chi connectivity index (χ4v) is 2.29. The Hall–Kier alpha value is -3.15. The molecule has 0 aliphatic rings. The van der Waals surface area contributed by atoms with Crippen LogP contribution in [0.1, 0.15) is 16.1 Å². The van der Waals surface area contributed by atoms with Gasteiger partial charge in [-0.3, -0.25) is 4.79 Å². The van der Waals surface area contributed by atoms with Crippen LogP contribution in [0.15, 0.2) is 65.4 Å². The lowest BCUT2D eigenvalue weighted by atomic mass is 10.2. The van der Waals surface area contributed by atoms with Crippen LogP contribution in [0.25, 0.3) is 0 Å². The van der Waals surface area contributed by atoms with Gasteiger partial charge in [-0.15, -0.1) is 0 Å². The van der Waals surface area contributed by atoms with Crippen molar-refractivity contribution in [3.05, 3.63) is 78.1 Å². The Bertz CT molecular complexity index is 834. The maximum atomic E-state index is 13.3. The highest BCUT2D eigenvalue weighted by Gasteiger charge is 2.17. The first kappa shape index (κ1) is 15.7. The second-order valence-electron chi connectivity index (χ2n) is 5.28. The summed E-state index contributed by atoms with van der Waals surface area (Å²) in [6.07, 6.45) is 3.14. The molecule has 0 fully saturated rings. The van der Waals surface area contributed by atoms with Gasteiger partial charge in [0, 0.05) is 18.9 Å². The molecule has 0 atom stereocenters. The molecule has 122 valence electrons. The third kappa shape index (κ3) is 3.60. The van der Waals surface area contributed by atoms with Crippen molar-refractivity contribution in [2.45, 2.75) is 6.54 Å². The number of hydrogen-bond donors (Lipinski definition) is 1. The normalized spacial score (nSPS) is 10.4. The molecule has 2 aromatic heterocycles. The van der Waals surface area contributed by atoms with Crippen molar-refractivity contribution >= 4 is 17.4 Å². The van der Waals surface area contributed by atoms with Gasteiger partial charge in [0.25, 0.3) is 5.91 Å². The maximum Gasteiger partial charge on any atom is 0.257 e. The molecule has 0 radical (unpaired) electrons. The number of aromatic nitrogens is 1. The van der Waals surface area contributed by atoms with Crippen LogP contribution < -0.4 is 5.32 Å². The number of anilines is 2. The highest BCUT2D eigenvalue weighted by Crippen LogP contribution is 2.20. The summed E-state index contributed by atoms with van der Waals surface area (Å²) in [6, 6.07) is 12.9. The molecule has 0 spiro atoms. The van der Waals surface area contributed by atoms with E-state index in [1.54, 1.807) is 55.9 Å². The van der Waals surface area contributed by atoms with Crippen LogP contribution in [0.5, 0.6) is 0 Å². The number of pyridine rings is 1. The van der Waals surface area contributed by atoms with Gasteiger partial charge in [0.05, 0.1) is 18.4 Å². The topological polar surface area (TPSA) is 58.4 Å². The fraction of sp³-hybridized carbons (Fsp3) is 0.111. The summed E-state index contributed by atoms with van der Waals surface area (Å²) in [5.41, 5.74) is 0.923. The minimum absolute atomic E-state index is 0.210. The van der Waals surface area contributed by atoms with E-state index in [2.05, 4.69) is 10.3 Å². The van der Waals surface area contributed by atoms with E-state index in [0.29, 0.717) is 29.4 Å². The largest absolute Gasteiger partial charge is 0.467 e. The molecule has 3 rings (SSSR count). The van der Waals surface area contributed by atoms with Gasteiger partial charge in [-0.05, 0) is 42.5 Å². The zero-order valence-electron chi connectivity index (χ0n) is 13.1. The molecule has 5 nitrogen and oxygen atoms in total. The Morgan fingerprint density at radius 2 is 2.12 bits per heavy atom. The predicted octanol–water partition coefficient (Wildman–Crippen LogP) is 3.83. The Balaban J connectivity index is 1.81. The van der Waals surface area contributed by atoms with Gasteiger partial charge in [-0.25, -0.2) is 9.37 Å². The molecule has 0 saturated heterocycles. The van der Waals surface area contributed by atoms with Crippen molar-refractivity contribution in [1.29, 1.82) is 0 Å². The highest BCUT2D eigenvalue weighted by atomic mass is 19.1. The zero-order chi connectivity index (χ0) is 16.9. The van der Waals surface area contributed by atoms with E-state index in [1.165, 1.54) is 17.0 Å². The molecule has 2 heterocycles. The highest BCUT2D eigenvalue weighted by molar-refractivity contribution is 5.99. The minimum atomic E-state index is -0.362. The van der Waals surface area contributed by atoms with E-state index in [1.807, 2.05) is 0 Å². The molecule has 1 aromatic carbocycles. The molecule has 0 bridgehead atoms. The van der Waals surface area contributed by atoms with Gasteiger partial charge in [0.15, 0.2) is 0 Å². The average Bonchev–Trinajstić information content (AvgIpc) is 3.08. The second kappa shape index (κ2) is 6.95. The second-order valence-corrected chi connectivity index (χ2v) is 5.28. The molecule has 0 aliphatic heterocycles. The van der Waals surface area contributed by atoms with Crippen LogP contribution in [-0.2, 0) is 6.54 Å². The van der Waals surface area contributed by atoms with E-state index < -0.39 is 0 Å². The monoisotopic (exact) mass is 325 g/mol. The van der Waals surface area contributed by atoms with E-state index in [4.69, 9.17) is 4.42 Å². The molecule has 3 aromatic rings. The van der Waals surface area contributed by atoms with Gasteiger partial charge in [0.1, 0.15) is 17.4 Å². The summed E-state index contributed by atoms with van der Waals surface area (Å²) in [5.74, 6) is 0.492. The number of nitrogens with zero attached hydrogens (tertiary/aromatic N) is 2. The molecule has 1 amide bonds. The lowest BCUT2D eigenvalue weighted by molar-refractivity contribution is 0.0776. The third-order valence-electron chi connectivity index (χ3n) is 3.45. The predicted molar refractivity (Wildman–Crippen MR) is 88.4 cm³/mol. The Kier molecular flexibility index (Phi) is 4.56. The third-order valence-corrected chi connectivity index (χ3v) is 3.45. The maximum absolute atomic E-state index is 13.3. The average molecular weight is 325 g/mol. The first-order chi connectivity index (χ1) is 11.6. The fourth-order valence-electron chi connectivity index (χ4n) is 2.29. The summed E-state index contributed by atoms with van der Waals surface area (Å²) >= 11 is 0. The van der Waals surface area contributed by atoms with Crippen molar-refractivity contribution in [3.63, 3.8) is 0 Å². The molecule has 0 saturated carbocycles. The van der Waals surface area contributed by atoms with Gasteiger partial charge < -0.3 is 14.6 Å². The number of rotatable bonds is 5. The van der Waals surface area contributed by atoms with Gasteiger partial charge >= 0.3 is 0 Å². The molecule has 0 aliphatic carbocycles. The summed E-state index contributed by atoms with van der Waals surface area (Å²) in [6.45, 7) is 0.347. The molecule has 0 unspecified atom stereocenters. The van der Waals surface area contributed by atoms with Crippen molar-refractivity contribution in [2.24, 2.45) is 0 Å². The molecular weight excluding hydrogens is 309 g/mol. The standard InChI is InChI=1S/C18H16FN3O2/c1-22(12-15-7-4-10-24-15)18(23)16-8-3-9-20-17(16)21-14-6-2-5-13(19)11-14/h2-11H,12H2,1H3,(H,20,21). The lowest BCUT2D eigenvalue weighted by Gasteiger charge is -2.18. The smallest absolute Gasteiger partial charge is 0.257 e. The number of furan rings is 1. The SMILES string of the molecule is CN(Cc1ccco1)C(=O)c1cccnc1Nc1cccc(F)c1. The summed E-state index contributed by atoms with van der Waals surface area (Å²) < 4.78 is 18.6. The summed E-state index contributed by atoms with van der Waals surface area (Å²) in [4.78, 5) is 18.4. The Labute approximate surface area is 138 Å². The van der Waals surface area contributed by atoms with Crippen LogP contribution in [0.2, 0.25) is 0 Å². The molecular formula is C18H16FN3O2. The van der Waals surface area contributed by atoms with Gasteiger partial charge in [-0.2, -0.15) is 0 Å². The molecule has 1 N–H and O–H groups in total. The Morgan fingerprint density at radius 1 is 1.25 bits per heavy atom.